The molecule has 4 nitrogen and oxygen atoms in total. The first-order valence-electron chi connectivity index (χ1n) is 7.59. The summed E-state index contributed by atoms with van der Waals surface area (Å²) in [4.78, 5) is 17.7. The van der Waals surface area contributed by atoms with Gasteiger partial charge in [-0.1, -0.05) is 18.2 Å². The van der Waals surface area contributed by atoms with Crippen molar-refractivity contribution >= 4 is 17.7 Å². The molecule has 1 aliphatic heterocycles. The molecule has 0 spiro atoms. The molecule has 0 radical (unpaired) electrons. The summed E-state index contributed by atoms with van der Waals surface area (Å²) < 4.78 is 0. The Balaban J connectivity index is 1.51. The number of rotatable bonds is 7. The zero-order valence-corrected chi connectivity index (χ0v) is 13.6. The lowest BCUT2D eigenvalue weighted by molar-refractivity contribution is -0.118. The number of hydrogen-bond donors (Lipinski definition) is 1. The third kappa shape index (κ3) is 6.50. The average molecular weight is 307 g/mol. The van der Waals surface area contributed by atoms with Crippen molar-refractivity contribution in [3.8, 4) is 0 Å². The molecule has 1 heterocycles. The Morgan fingerprint density at radius 2 is 1.90 bits per heavy atom. The van der Waals surface area contributed by atoms with Gasteiger partial charge in [-0.2, -0.15) is 0 Å². The lowest BCUT2D eigenvalue weighted by Gasteiger charge is -2.32. The Morgan fingerprint density at radius 3 is 2.62 bits per heavy atom. The van der Waals surface area contributed by atoms with Gasteiger partial charge in [-0.15, -0.1) is 11.8 Å². The Hall–Kier alpha value is -1.04. The van der Waals surface area contributed by atoms with E-state index in [0.717, 1.165) is 50.6 Å². The molecule has 0 unspecified atom stereocenters. The summed E-state index contributed by atoms with van der Waals surface area (Å²) in [7, 11) is 2.17. The van der Waals surface area contributed by atoms with Crippen molar-refractivity contribution in [1.82, 2.24) is 15.1 Å². The van der Waals surface area contributed by atoms with E-state index in [1.54, 1.807) is 11.8 Å². The van der Waals surface area contributed by atoms with Gasteiger partial charge in [-0.3, -0.25) is 4.79 Å². The van der Waals surface area contributed by atoms with Gasteiger partial charge in [0.25, 0.3) is 0 Å². The minimum atomic E-state index is 0.127. The SMILES string of the molecule is CN1CCN(CCCNC(=O)CSc2ccccc2)CC1. The minimum Gasteiger partial charge on any atom is -0.355 e. The molecule has 5 heteroatoms. The van der Waals surface area contributed by atoms with Crippen molar-refractivity contribution in [3.63, 3.8) is 0 Å². The van der Waals surface area contributed by atoms with Crippen molar-refractivity contribution in [1.29, 1.82) is 0 Å². The van der Waals surface area contributed by atoms with Crippen LogP contribution in [-0.2, 0) is 4.79 Å². The van der Waals surface area contributed by atoms with Crippen molar-refractivity contribution in [2.45, 2.75) is 11.3 Å². The van der Waals surface area contributed by atoms with Crippen LogP contribution < -0.4 is 5.32 Å². The predicted molar refractivity (Wildman–Crippen MR) is 88.7 cm³/mol. The average Bonchev–Trinajstić information content (AvgIpc) is 2.52. The quantitative estimate of drug-likeness (QED) is 0.612. The third-order valence-electron chi connectivity index (χ3n) is 3.68. The zero-order chi connectivity index (χ0) is 14.9. The van der Waals surface area contributed by atoms with Crippen LogP contribution >= 0.6 is 11.8 Å². The maximum absolute atomic E-state index is 11.8. The van der Waals surface area contributed by atoms with E-state index in [4.69, 9.17) is 0 Å². The molecular weight excluding hydrogens is 282 g/mol. The summed E-state index contributed by atoms with van der Waals surface area (Å²) >= 11 is 1.59. The molecule has 0 aromatic heterocycles. The van der Waals surface area contributed by atoms with E-state index >= 15 is 0 Å². The van der Waals surface area contributed by atoms with E-state index in [1.807, 2.05) is 30.3 Å². The molecule has 2 rings (SSSR count). The lowest BCUT2D eigenvalue weighted by atomic mass is 10.3. The van der Waals surface area contributed by atoms with Gasteiger partial charge in [0.15, 0.2) is 0 Å². The summed E-state index contributed by atoms with van der Waals surface area (Å²) in [6, 6.07) is 10.0. The van der Waals surface area contributed by atoms with Gasteiger partial charge in [0.05, 0.1) is 5.75 Å². The molecule has 1 amide bonds. The third-order valence-corrected chi connectivity index (χ3v) is 4.69. The van der Waals surface area contributed by atoms with Crippen molar-refractivity contribution in [2.24, 2.45) is 0 Å². The number of carbonyl (C=O) groups is 1. The number of hydrogen-bond acceptors (Lipinski definition) is 4. The van der Waals surface area contributed by atoms with E-state index < -0.39 is 0 Å². The number of thioether (sulfide) groups is 1. The van der Waals surface area contributed by atoms with Crippen LogP contribution in [0.3, 0.4) is 0 Å². The number of carbonyl (C=O) groups excluding carboxylic acids is 1. The van der Waals surface area contributed by atoms with Gasteiger partial charge in [0, 0.05) is 37.6 Å². The highest BCUT2D eigenvalue weighted by Gasteiger charge is 2.12. The van der Waals surface area contributed by atoms with Crippen LogP contribution in [0, 0.1) is 0 Å². The van der Waals surface area contributed by atoms with E-state index in [-0.39, 0.29) is 5.91 Å². The minimum absolute atomic E-state index is 0.127. The molecule has 0 saturated carbocycles. The monoisotopic (exact) mass is 307 g/mol. The van der Waals surface area contributed by atoms with Gasteiger partial charge in [0.1, 0.15) is 0 Å². The van der Waals surface area contributed by atoms with Crippen LogP contribution in [0.5, 0.6) is 0 Å². The summed E-state index contributed by atoms with van der Waals surface area (Å²) in [5.74, 6) is 0.626. The Labute approximate surface area is 131 Å². The fourth-order valence-corrected chi connectivity index (χ4v) is 3.07. The molecule has 1 aromatic carbocycles. The van der Waals surface area contributed by atoms with Crippen LogP contribution in [0.4, 0.5) is 0 Å². The smallest absolute Gasteiger partial charge is 0.230 e. The summed E-state index contributed by atoms with van der Waals surface area (Å²) in [5, 5.41) is 3.00. The largest absolute Gasteiger partial charge is 0.355 e. The van der Waals surface area contributed by atoms with Crippen LogP contribution in [0.2, 0.25) is 0 Å². The van der Waals surface area contributed by atoms with Gasteiger partial charge in [-0.05, 0) is 32.1 Å². The Morgan fingerprint density at radius 1 is 1.19 bits per heavy atom. The topological polar surface area (TPSA) is 35.6 Å². The first-order chi connectivity index (χ1) is 10.2. The highest BCUT2D eigenvalue weighted by Crippen LogP contribution is 2.16. The predicted octanol–water partition coefficient (Wildman–Crippen LogP) is 1.53. The van der Waals surface area contributed by atoms with E-state index in [1.165, 1.54) is 0 Å². The number of nitrogens with zero attached hydrogens (tertiary/aromatic N) is 2. The second-order valence-electron chi connectivity index (χ2n) is 5.45. The maximum Gasteiger partial charge on any atom is 0.230 e. The van der Waals surface area contributed by atoms with Gasteiger partial charge in [0.2, 0.25) is 5.91 Å². The molecule has 1 aliphatic rings. The summed E-state index contributed by atoms with van der Waals surface area (Å²) in [6.07, 6.45) is 1.03. The highest BCUT2D eigenvalue weighted by atomic mass is 32.2. The van der Waals surface area contributed by atoms with Gasteiger partial charge in [-0.25, -0.2) is 0 Å². The number of nitrogens with one attached hydrogen (secondary N) is 1. The Kier molecular flexibility index (Phi) is 7.06. The first kappa shape index (κ1) is 16.3. The number of piperazine rings is 1. The maximum atomic E-state index is 11.8. The fourth-order valence-electron chi connectivity index (χ4n) is 2.32. The van der Waals surface area contributed by atoms with Gasteiger partial charge < -0.3 is 15.1 Å². The number of likely N-dealkylation sites (N-methyl/N-ethyl adjacent to an activating group) is 1. The fraction of sp³-hybridized carbons (Fsp3) is 0.562. The molecule has 1 N–H and O–H groups in total. The van der Waals surface area contributed by atoms with Crippen LogP contribution in [0.25, 0.3) is 0 Å². The second-order valence-corrected chi connectivity index (χ2v) is 6.50. The summed E-state index contributed by atoms with van der Waals surface area (Å²) in [5.41, 5.74) is 0. The van der Waals surface area contributed by atoms with Crippen LogP contribution in [0.15, 0.2) is 35.2 Å². The van der Waals surface area contributed by atoms with Crippen LogP contribution in [-0.4, -0.2) is 67.8 Å². The molecule has 0 bridgehead atoms. The van der Waals surface area contributed by atoms with E-state index in [9.17, 15) is 4.79 Å². The highest BCUT2D eigenvalue weighted by molar-refractivity contribution is 8.00. The first-order valence-corrected chi connectivity index (χ1v) is 8.58. The molecule has 0 aliphatic carbocycles. The number of benzene rings is 1. The van der Waals surface area contributed by atoms with E-state index in [0.29, 0.717) is 5.75 Å². The van der Waals surface area contributed by atoms with Crippen LogP contribution in [0.1, 0.15) is 6.42 Å². The van der Waals surface area contributed by atoms with Gasteiger partial charge >= 0.3 is 0 Å². The summed E-state index contributed by atoms with van der Waals surface area (Å²) in [6.45, 7) is 6.46. The second kappa shape index (κ2) is 9.07. The van der Waals surface area contributed by atoms with E-state index in [2.05, 4.69) is 22.2 Å². The Bertz CT molecular complexity index is 419. The number of amides is 1. The lowest BCUT2D eigenvalue weighted by Crippen LogP contribution is -2.45. The molecule has 0 atom stereocenters. The molecule has 1 saturated heterocycles. The zero-order valence-electron chi connectivity index (χ0n) is 12.8. The van der Waals surface area contributed by atoms with Crippen molar-refractivity contribution in [3.05, 3.63) is 30.3 Å². The van der Waals surface area contributed by atoms with Crippen molar-refractivity contribution in [2.75, 3.05) is 52.1 Å². The molecule has 1 aromatic rings. The molecule has 1 fully saturated rings. The standard InChI is InChI=1S/C16H25N3OS/c1-18-10-12-19(13-11-18)9-5-8-17-16(20)14-21-15-6-3-2-4-7-15/h2-4,6-7H,5,8-14H2,1H3,(H,17,20). The molecule has 116 valence electrons. The van der Waals surface area contributed by atoms with Crippen molar-refractivity contribution < 1.29 is 4.79 Å². The molecule has 21 heavy (non-hydrogen) atoms. The molecular formula is C16H25N3OS. The normalized spacial score (nSPS) is 16.8.